The van der Waals surface area contributed by atoms with E-state index in [1.165, 1.54) is 13.1 Å². The van der Waals surface area contributed by atoms with Crippen molar-refractivity contribution in [3.63, 3.8) is 0 Å². The Hall–Kier alpha value is -1.31. The Labute approximate surface area is 121 Å². The first-order chi connectivity index (χ1) is 9.44. The third kappa shape index (κ3) is 4.36. The van der Waals surface area contributed by atoms with Crippen molar-refractivity contribution >= 4 is 15.7 Å². The lowest BCUT2D eigenvalue weighted by Gasteiger charge is -2.19. The van der Waals surface area contributed by atoms with Gasteiger partial charge in [-0.2, -0.15) is 0 Å². The molecule has 6 nitrogen and oxygen atoms in total. The Bertz CT molecular complexity index is 528. The second-order valence-electron chi connectivity index (χ2n) is 4.29. The number of hydrogen-bond donors (Lipinski definition) is 2. The number of nitrogen functional groups attached to an aromatic ring is 1. The van der Waals surface area contributed by atoms with Gasteiger partial charge in [0, 0.05) is 12.2 Å². The Morgan fingerprint density at radius 3 is 2.50 bits per heavy atom. The molecule has 0 heterocycles. The number of nitrogens with one attached hydrogen (secondary N) is 1. The van der Waals surface area contributed by atoms with Gasteiger partial charge in [-0.25, -0.2) is 13.1 Å². The smallest absolute Gasteiger partial charge is 0.244 e. The molecule has 0 atom stereocenters. The second kappa shape index (κ2) is 7.47. The van der Waals surface area contributed by atoms with Gasteiger partial charge in [-0.15, -0.1) is 0 Å². The van der Waals surface area contributed by atoms with Crippen molar-refractivity contribution in [1.29, 1.82) is 0 Å². The minimum absolute atomic E-state index is 0.0690. The molecule has 0 aliphatic rings. The Morgan fingerprint density at radius 2 is 1.95 bits per heavy atom. The van der Waals surface area contributed by atoms with E-state index in [-0.39, 0.29) is 4.90 Å². The Kier molecular flexibility index (Phi) is 6.25. The molecule has 0 radical (unpaired) electrons. The molecule has 20 heavy (non-hydrogen) atoms. The molecule has 0 fully saturated rings. The minimum Gasteiger partial charge on any atom is -0.491 e. The van der Waals surface area contributed by atoms with E-state index in [1.54, 1.807) is 12.1 Å². The minimum atomic E-state index is -3.58. The molecule has 0 saturated carbocycles. The summed E-state index contributed by atoms with van der Waals surface area (Å²) in [6.07, 6.45) is 0. The van der Waals surface area contributed by atoms with Crippen LogP contribution in [-0.4, -0.2) is 46.6 Å². The molecule has 0 aliphatic carbocycles. The van der Waals surface area contributed by atoms with Crippen molar-refractivity contribution in [3.8, 4) is 5.75 Å². The van der Waals surface area contributed by atoms with Gasteiger partial charge in [0.1, 0.15) is 17.3 Å². The molecule has 7 heteroatoms. The van der Waals surface area contributed by atoms with Crippen molar-refractivity contribution in [2.45, 2.75) is 18.7 Å². The monoisotopic (exact) mass is 301 g/mol. The van der Waals surface area contributed by atoms with Gasteiger partial charge in [-0.05, 0) is 38.3 Å². The first kappa shape index (κ1) is 16.7. The number of nitrogens with two attached hydrogens (primary N) is 1. The number of hydrogen-bond acceptors (Lipinski definition) is 5. The molecule has 1 aromatic rings. The standard InChI is InChI=1S/C13H23N3O3S/c1-4-16(5-2)8-9-19-12-7-6-11(14)10-13(12)20(17,18)15-3/h6-7,10,15H,4-5,8-9,14H2,1-3H3. The fourth-order valence-corrected chi connectivity index (χ4v) is 2.69. The number of benzene rings is 1. The largest absolute Gasteiger partial charge is 0.491 e. The van der Waals surface area contributed by atoms with Gasteiger partial charge in [0.15, 0.2) is 0 Å². The van der Waals surface area contributed by atoms with Gasteiger partial charge in [-0.3, -0.25) is 0 Å². The fraction of sp³-hybridized carbons (Fsp3) is 0.538. The van der Waals surface area contributed by atoms with Crippen LogP contribution in [0.3, 0.4) is 0 Å². The maximum atomic E-state index is 11.9. The average molecular weight is 301 g/mol. The molecule has 0 aromatic heterocycles. The van der Waals surface area contributed by atoms with Gasteiger partial charge in [0.25, 0.3) is 0 Å². The summed E-state index contributed by atoms with van der Waals surface area (Å²) in [4.78, 5) is 2.27. The van der Waals surface area contributed by atoms with Crippen LogP contribution in [0.1, 0.15) is 13.8 Å². The van der Waals surface area contributed by atoms with Crippen LogP contribution in [0.15, 0.2) is 23.1 Å². The van der Waals surface area contributed by atoms with Gasteiger partial charge >= 0.3 is 0 Å². The number of sulfonamides is 1. The number of likely N-dealkylation sites (N-methyl/N-ethyl adjacent to an activating group) is 1. The van der Waals surface area contributed by atoms with E-state index in [4.69, 9.17) is 10.5 Å². The molecule has 0 saturated heterocycles. The molecule has 3 N–H and O–H groups in total. The van der Waals surface area contributed by atoms with Gasteiger partial charge in [0.05, 0.1) is 0 Å². The van der Waals surface area contributed by atoms with Crippen molar-refractivity contribution in [2.75, 3.05) is 39.0 Å². The number of nitrogens with zero attached hydrogens (tertiary/aromatic N) is 1. The van der Waals surface area contributed by atoms with Crippen LogP contribution in [0.4, 0.5) is 5.69 Å². The summed E-state index contributed by atoms with van der Waals surface area (Å²) in [6, 6.07) is 4.61. The molecule has 1 rings (SSSR count). The molecule has 0 amide bonds. The van der Waals surface area contributed by atoms with E-state index in [9.17, 15) is 8.42 Å². The topological polar surface area (TPSA) is 84.7 Å². The third-order valence-corrected chi connectivity index (χ3v) is 4.52. The Morgan fingerprint density at radius 1 is 1.30 bits per heavy atom. The van der Waals surface area contributed by atoms with Gasteiger partial charge in [-0.1, -0.05) is 13.8 Å². The lowest BCUT2D eigenvalue weighted by molar-refractivity contribution is 0.219. The molecule has 0 unspecified atom stereocenters. The highest BCUT2D eigenvalue weighted by atomic mass is 32.2. The summed E-state index contributed by atoms with van der Waals surface area (Å²) in [6.45, 7) is 7.19. The highest BCUT2D eigenvalue weighted by molar-refractivity contribution is 7.89. The maximum Gasteiger partial charge on any atom is 0.244 e. The zero-order valence-electron chi connectivity index (χ0n) is 12.2. The van der Waals surface area contributed by atoms with Crippen LogP contribution in [0, 0.1) is 0 Å². The van der Waals surface area contributed by atoms with Crippen molar-refractivity contribution in [1.82, 2.24) is 9.62 Å². The molecule has 114 valence electrons. The predicted octanol–water partition coefficient (Wildman–Crippen LogP) is 0.898. The summed E-state index contributed by atoms with van der Waals surface area (Å²) in [5, 5.41) is 0. The zero-order chi connectivity index (χ0) is 15.2. The third-order valence-electron chi connectivity index (χ3n) is 3.09. The first-order valence-electron chi connectivity index (χ1n) is 6.62. The summed E-state index contributed by atoms with van der Waals surface area (Å²) in [5.74, 6) is 0.320. The van der Waals surface area contributed by atoms with Gasteiger partial charge in [0.2, 0.25) is 10.0 Å². The number of anilines is 1. The molecule has 1 aromatic carbocycles. The van der Waals surface area contributed by atoms with Crippen LogP contribution < -0.4 is 15.2 Å². The molecular formula is C13H23N3O3S. The summed E-state index contributed by atoms with van der Waals surface area (Å²) in [5.41, 5.74) is 6.03. The average Bonchev–Trinajstić information content (AvgIpc) is 2.45. The van der Waals surface area contributed by atoms with Crippen LogP contribution in [0.5, 0.6) is 5.75 Å². The summed E-state index contributed by atoms with van der Waals surface area (Å²) in [7, 11) is -2.22. The summed E-state index contributed by atoms with van der Waals surface area (Å²) >= 11 is 0. The quantitative estimate of drug-likeness (QED) is 0.697. The number of ether oxygens (including phenoxy) is 1. The SMILES string of the molecule is CCN(CC)CCOc1ccc(N)cc1S(=O)(=O)NC. The fourth-order valence-electron chi connectivity index (χ4n) is 1.79. The highest BCUT2D eigenvalue weighted by Gasteiger charge is 2.18. The van der Waals surface area contributed by atoms with E-state index in [0.29, 0.717) is 18.0 Å². The van der Waals surface area contributed by atoms with Crippen LogP contribution in [0.25, 0.3) is 0 Å². The molecular weight excluding hydrogens is 278 g/mol. The molecule has 0 bridgehead atoms. The molecule has 0 spiro atoms. The van der Waals surface area contributed by atoms with E-state index in [0.717, 1.165) is 19.6 Å². The van der Waals surface area contributed by atoms with E-state index < -0.39 is 10.0 Å². The Balaban J connectivity index is 2.85. The zero-order valence-corrected chi connectivity index (χ0v) is 13.0. The van der Waals surface area contributed by atoms with Crippen molar-refractivity contribution in [2.24, 2.45) is 0 Å². The van der Waals surface area contributed by atoms with Crippen LogP contribution in [0.2, 0.25) is 0 Å². The number of rotatable bonds is 8. The first-order valence-corrected chi connectivity index (χ1v) is 8.11. The van der Waals surface area contributed by atoms with E-state index in [1.807, 2.05) is 0 Å². The van der Waals surface area contributed by atoms with Crippen LogP contribution in [-0.2, 0) is 10.0 Å². The predicted molar refractivity (Wildman–Crippen MR) is 80.4 cm³/mol. The normalized spacial score (nSPS) is 11.8. The molecule has 0 aliphatic heterocycles. The lowest BCUT2D eigenvalue weighted by atomic mass is 10.3. The van der Waals surface area contributed by atoms with Crippen molar-refractivity contribution in [3.05, 3.63) is 18.2 Å². The van der Waals surface area contributed by atoms with Crippen molar-refractivity contribution < 1.29 is 13.2 Å². The second-order valence-corrected chi connectivity index (χ2v) is 6.14. The van der Waals surface area contributed by atoms with E-state index >= 15 is 0 Å². The lowest BCUT2D eigenvalue weighted by Crippen LogP contribution is -2.28. The maximum absolute atomic E-state index is 11.9. The van der Waals surface area contributed by atoms with Crippen LogP contribution >= 0.6 is 0 Å². The van der Waals surface area contributed by atoms with Gasteiger partial charge < -0.3 is 15.4 Å². The highest BCUT2D eigenvalue weighted by Crippen LogP contribution is 2.25. The summed E-state index contributed by atoms with van der Waals surface area (Å²) < 4.78 is 31.7. The van der Waals surface area contributed by atoms with E-state index in [2.05, 4.69) is 23.5 Å².